The molecule has 1 aromatic carbocycles. The molecule has 0 radical (unpaired) electrons. The summed E-state index contributed by atoms with van der Waals surface area (Å²) in [5, 5.41) is 0. The highest BCUT2D eigenvalue weighted by Crippen LogP contribution is 2.34. The highest BCUT2D eigenvalue weighted by Gasteiger charge is 2.17. The Morgan fingerprint density at radius 3 is 2.31 bits per heavy atom. The molecule has 1 aromatic rings. The number of hydrogen-bond donors (Lipinski definition) is 0. The zero-order valence-electron chi connectivity index (χ0n) is 10.0. The van der Waals surface area contributed by atoms with Crippen LogP contribution in [-0.2, 0) is 0 Å². The van der Waals surface area contributed by atoms with Crippen molar-refractivity contribution in [2.24, 2.45) is 5.92 Å². The molecular formula is C15H20O. The summed E-state index contributed by atoms with van der Waals surface area (Å²) in [6.07, 6.45) is 6.74. The number of ether oxygens (including phenoxy) is 1. The predicted molar refractivity (Wildman–Crippen MR) is 68.6 cm³/mol. The summed E-state index contributed by atoms with van der Waals surface area (Å²) in [5.41, 5.74) is 2.58. The van der Waals surface area contributed by atoms with Gasteiger partial charge in [0.2, 0.25) is 0 Å². The molecule has 0 bridgehead atoms. The number of benzene rings is 1. The van der Waals surface area contributed by atoms with Crippen LogP contribution in [0.3, 0.4) is 0 Å². The highest BCUT2D eigenvalue weighted by molar-refractivity contribution is 5.65. The molecule has 0 spiro atoms. The highest BCUT2D eigenvalue weighted by atomic mass is 16.5. The van der Waals surface area contributed by atoms with Gasteiger partial charge >= 0.3 is 0 Å². The Balaban J connectivity index is 2.07. The molecule has 0 heterocycles. The third-order valence-corrected chi connectivity index (χ3v) is 3.56. The Labute approximate surface area is 98.1 Å². The van der Waals surface area contributed by atoms with Crippen molar-refractivity contribution >= 4 is 5.57 Å². The molecule has 86 valence electrons. The smallest absolute Gasteiger partial charge is 0.118 e. The number of allylic oxidation sites excluding steroid dienone is 1. The molecular weight excluding hydrogens is 196 g/mol. The zero-order chi connectivity index (χ0) is 11.4. The first kappa shape index (κ1) is 11.3. The Morgan fingerprint density at radius 1 is 1.12 bits per heavy atom. The van der Waals surface area contributed by atoms with Gasteiger partial charge in [-0.2, -0.15) is 0 Å². The maximum absolute atomic E-state index is 5.16. The third-order valence-electron chi connectivity index (χ3n) is 3.56. The largest absolute Gasteiger partial charge is 0.497 e. The van der Waals surface area contributed by atoms with E-state index < -0.39 is 0 Å². The number of hydrogen-bond acceptors (Lipinski definition) is 1. The van der Waals surface area contributed by atoms with Crippen molar-refractivity contribution in [3.8, 4) is 5.75 Å². The van der Waals surface area contributed by atoms with Gasteiger partial charge in [0.05, 0.1) is 7.11 Å². The molecule has 0 N–H and O–H groups in total. The van der Waals surface area contributed by atoms with E-state index in [9.17, 15) is 0 Å². The lowest BCUT2D eigenvalue weighted by atomic mass is 9.82. The first-order valence-electron chi connectivity index (χ1n) is 6.14. The van der Waals surface area contributed by atoms with E-state index in [4.69, 9.17) is 4.74 Å². The van der Waals surface area contributed by atoms with E-state index in [1.165, 1.54) is 43.2 Å². The maximum Gasteiger partial charge on any atom is 0.118 e. The average Bonchev–Trinajstić information content (AvgIpc) is 2.39. The van der Waals surface area contributed by atoms with Crippen LogP contribution in [0.25, 0.3) is 5.57 Å². The van der Waals surface area contributed by atoms with Crippen LogP contribution < -0.4 is 4.74 Å². The van der Waals surface area contributed by atoms with Crippen LogP contribution in [0.15, 0.2) is 30.8 Å². The fraction of sp³-hybridized carbons (Fsp3) is 0.467. The molecule has 0 aromatic heterocycles. The molecule has 1 aliphatic carbocycles. The summed E-state index contributed by atoms with van der Waals surface area (Å²) in [7, 11) is 1.70. The minimum absolute atomic E-state index is 0.696. The van der Waals surface area contributed by atoms with Gasteiger partial charge in [-0.3, -0.25) is 0 Å². The molecule has 1 heteroatoms. The van der Waals surface area contributed by atoms with E-state index in [1.54, 1.807) is 7.11 Å². The fourth-order valence-electron chi connectivity index (χ4n) is 2.49. The molecule has 1 nitrogen and oxygen atoms in total. The Kier molecular flexibility index (Phi) is 3.66. The molecule has 0 amide bonds. The van der Waals surface area contributed by atoms with Crippen molar-refractivity contribution in [3.05, 3.63) is 36.4 Å². The minimum Gasteiger partial charge on any atom is -0.497 e. The molecule has 2 rings (SSSR count). The van der Waals surface area contributed by atoms with E-state index in [-0.39, 0.29) is 0 Å². The number of rotatable bonds is 3. The minimum atomic E-state index is 0.696. The van der Waals surface area contributed by atoms with Crippen LogP contribution in [0.1, 0.15) is 37.7 Å². The second-order valence-electron chi connectivity index (χ2n) is 4.59. The topological polar surface area (TPSA) is 9.23 Å². The van der Waals surface area contributed by atoms with E-state index in [0.717, 1.165) is 5.75 Å². The first-order valence-corrected chi connectivity index (χ1v) is 6.14. The molecule has 1 saturated carbocycles. The van der Waals surface area contributed by atoms with Crippen molar-refractivity contribution in [3.63, 3.8) is 0 Å². The van der Waals surface area contributed by atoms with Gasteiger partial charge < -0.3 is 4.74 Å². The molecule has 16 heavy (non-hydrogen) atoms. The van der Waals surface area contributed by atoms with Crippen molar-refractivity contribution in [2.75, 3.05) is 7.11 Å². The van der Waals surface area contributed by atoms with Crippen LogP contribution >= 0.6 is 0 Å². The molecule has 0 aliphatic heterocycles. The van der Waals surface area contributed by atoms with Gasteiger partial charge in [0.1, 0.15) is 5.75 Å². The monoisotopic (exact) mass is 216 g/mol. The lowest BCUT2D eigenvalue weighted by molar-refractivity contribution is 0.414. The summed E-state index contributed by atoms with van der Waals surface area (Å²) in [4.78, 5) is 0. The Bertz CT molecular complexity index is 344. The second kappa shape index (κ2) is 5.20. The van der Waals surface area contributed by atoms with Crippen LogP contribution in [0.5, 0.6) is 5.75 Å². The molecule has 0 unspecified atom stereocenters. The summed E-state index contributed by atoms with van der Waals surface area (Å²) < 4.78 is 5.16. The lowest BCUT2D eigenvalue weighted by Crippen LogP contribution is -2.07. The van der Waals surface area contributed by atoms with E-state index in [0.29, 0.717) is 5.92 Å². The van der Waals surface area contributed by atoms with Gasteiger partial charge in [-0.05, 0) is 42.0 Å². The van der Waals surface area contributed by atoms with Crippen molar-refractivity contribution in [1.29, 1.82) is 0 Å². The van der Waals surface area contributed by atoms with Crippen molar-refractivity contribution < 1.29 is 4.74 Å². The first-order chi connectivity index (χ1) is 7.81. The quantitative estimate of drug-likeness (QED) is 0.732. The van der Waals surface area contributed by atoms with E-state index in [2.05, 4.69) is 18.7 Å². The van der Waals surface area contributed by atoms with E-state index in [1.807, 2.05) is 12.1 Å². The molecule has 0 atom stereocenters. The third kappa shape index (κ3) is 2.46. The van der Waals surface area contributed by atoms with Crippen molar-refractivity contribution in [1.82, 2.24) is 0 Å². The van der Waals surface area contributed by atoms with Gasteiger partial charge in [0.15, 0.2) is 0 Å². The standard InChI is InChI=1S/C15H20O/c1-12(13-6-4-3-5-7-13)14-8-10-15(16-2)11-9-14/h8-11,13H,1,3-7H2,2H3. The number of methoxy groups -OCH3 is 1. The summed E-state index contributed by atoms with van der Waals surface area (Å²) in [5.74, 6) is 1.61. The van der Waals surface area contributed by atoms with Gasteiger partial charge in [-0.15, -0.1) is 0 Å². The van der Waals surface area contributed by atoms with Gasteiger partial charge in [-0.25, -0.2) is 0 Å². The fourth-order valence-corrected chi connectivity index (χ4v) is 2.49. The SMILES string of the molecule is C=C(c1ccc(OC)cc1)C1CCCCC1. The van der Waals surface area contributed by atoms with Crippen LogP contribution in [0.2, 0.25) is 0 Å². The molecule has 1 aliphatic rings. The predicted octanol–water partition coefficient (Wildman–Crippen LogP) is 4.29. The zero-order valence-corrected chi connectivity index (χ0v) is 10.0. The van der Waals surface area contributed by atoms with E-state index >= 15 is 0 Å². The van der Waals surface area contributed by atoms with Crippen molar-refractivity contribution in [2.45, 2.75) is 32.1 Å². The lowest BCUT2D eigenvalue weighted by Gasteiger charge is -2.24. The van der Waals surface area contributed by atoms with Gasteiger partial charge in [-0.1, -0.05) is 38.0 Å². The maximum atomic E-state index is 5.16. The summed E-state index contributed by atoms with van der Waals surface area (Å²) >= 11 is 0. The summed E-state index contributed by atoms with van der Waals surface area (Å²) in [6.45, 7) is 4.26. The second-order valence-corrected chi connectivity index (χ2v) is 4.59. The Hall–Kier alpha value is -1.24. The average molecular weight is 216 g/mol. The molecule has 0 saturated heterocycles. The van der Waals surface area contributed by atoms with Crippen LogP contribution in [0, 0.1) is 5.92 Å². The normalized spacial score (nSPS) is 17.1. The van der Waals surface area contributed by atoms with Gasteiger partial charge in [0, 0.05) is 0 Å². The summed E-state index contributed by atoms with van der Waals surface area (Å²) in [6, 6.07) is 8.28. The van der Waals surface area contributed by atoms with Gasteiger partial charge in [0.25, 0.3) is 0 Å². The van der Waals surface area contributed by atoms with Crippen LogP contribution in [0.4, 0.5) is 0 Å². The Morgan fingerprint density at radius 2 is 1.75 bits per heavy atom. The molecule has 1 fully saturated rings. The van der Waals surface area contributed by atoms with Crippen LogP contribution in [-0.4, -0.2) is 7.11 Å².